The Kier molecular flexibility index (Phi) is 4.04. The number of likely N-dealkylation sites (tertiary alicyclic amines) is 1. The normalized spacial score (nSPS) is 40.0. The summed E-state index contributed by atoms with van der Waals surface area (Å²) in [6, 6.07) is 1.62. The van der Waals surface area contributed by atoms with E-state index in [9.17, 15) is 0 Å². The van der Waals surface area contributed by atoms with Gasteiger partial charge in [0.15, 0.2) is 0 Å². The highest BCUT2D eigenvalue weighted by Crippen LogP contribution is 2.25. The Hall–Kier alpha value is -0.0800. The molecule has 0 aliphatic carbocycles. The van der Waals surface area contributed by atoms with E-state index in [0.717, 1.165) is 18.0 Å². The molecule has 2 saturated heterocycles. The van der Waals surface area contributed by atoms with E-state index in [2.05, 4.69) is 24.1 Å². The molecule has 2 aliphatic rings. The van der Waals surface area contributed by atoms with Gasteiger partial charge in [0.05, 0.1) is 0 Å². The lowest BCUT2D eigenvalue weighted by molar-refractivity contribution is 0.0789. The van der Waals surface area contributed by atoms with Gasteiger partial charge in [-0.2, -0.15) is 0 Å². The van der Waals surface area contributed by atoms with Crippen molar-refractivity contribution >= 4 is 0 Å². The summed E-state index contributed by atoms with van der Waals surface area (Å²) in [6.45, 7) is 8.60. The second kappa shape index (κ2) is 5.31. The standard InChI is InChI=1S/C13H26N2/c1-11-6-8-15(12(2)9-11)13-5-3-4-7-14-10-13/h11-14H,3-10H2,1-2H3. The van der Waals surface area contributed by atoms with Gasteiger partial charge in [-0.3, -0.25) is 4.90 Å². The molecule has 88 valence electrons. The van der Waals surface area contributed by atoms with Gasteiger partial charge in [-0.05, 0) is 51.6 Å². The number of hydrogen-bond donors (Lipinski definition) is 1. The van der Waals surface area contributed by atoms with Crippen LogP contribution in [-0.2, 0) is 0 Å². The van der Waals surface area contributed by atoms with Gasteiger partial charge < -0.3 is 5.32 Å². The van der Waals surface area contributed by atoms with Gasteiger partial charge in [-0.1, -0.05) is 13.3 Å². The van der Waals surface area contributed by atoms with Crippen molar-refractivity contribution in [3.63, 3.8) is 0 Å². The number of rotatable bonds is 1. The fourth-order valence-electron chi connectivity index (χ4n) is 3.25. The smallest absolute Gasteiger partial charge is 0.0223 e. The number of piperidine rings is 1. The summed E-state index contributed by atoms with van der Waals surface area (Å²) >= 11 is 0. The van der Waals surface area contributed by atoms with Crippen LogP contribution in [-0.4, -0.2) is 36.6 Å². The summed E-state index contributed by atoms with van der Waals surface area (Å²) in [5, 5.41) is 3.58. The van der Waals surface area contributed by atoms with Crippen LogP contribution in [0.15, 0.2) is 0 Å². The number of nitrogens with one attached hydrogen (secondary N) is 1. The highest BCUT2D eigenvalue weighted by molar-refractivity contribution is 4.85. The zero-order valence-electron chi connectivity index (χ0n) is 10.3. The van der Waals surface area contributed by atoms with Crippen LogP contribution in [0.5, 0.6) is 0 Å². The maximum atomic E-state index is 3.58. The van der Waals surface area contributed by atoms with Gasteiger partial charge in [0.25, 0.3) is 0 Å². The van der Waals surface area contributed by atoms with Crippen molar-refractivity contribution in [2.24, 2.45) is 5.92 Å². The minimum atomic E-state index is 0.804. The van der Waals surface area contributed by atoms with Crippen LogP contribution in [0.25, 0.3) is 0 Å². The minimum absolute atomic E-state index is 0.804. The maximum absolute atomic E-state index is 3.58. The van der Waals surface area contributed by atoms with Gasteiger partial charge in [-0.25, -0.2) is 0 Å². The molecule has 2 nitrogen and oxygen atoms in total. The lowest BCUT2D eigenvalue weighted by atomic mass is 9.91. The second-order valence-electron chi connectivity index (χ2n) is 5.57. The molecule has 0 amide bonds. The average molecular weight is 210 g/mol. The average Bonchev–Trinajstić information content (AvgIpc) is 2.46. The molecule has 0 radical (unpaired) electrons. The molecular weight excluding hydrogens is 184 g/mol. The minimum Gasteiger partial charge on any atom is -0.315 e. The van der Waals surface area contributed by atoms with E-state index in [1.54, 1.807) is 0 Å². The van der Waals surface area contributed by atoms with Crippen molar-refractivity contribution < 1.29 is 0 Å². The Morgan fingerprint density at radius 1 is 1.13 bits per heavy atom. The monoisotopic (exact) mass is 210 g/mol. The molecule has 2 heterocycles. The number of hydrogen-bond acceptors (Lipinski definition) is 2. The molecule has 0 aromatic heterocycles. The van der Waals surface area contributed by atoms with Crippen molar-refractivity contribution in [1.82, 2.24) is 10.2 Å². The summed E-state index contributed by atoms with van der Waals surface area (Å²) in [4.78, 5) is 2.76. The van der Waals surface area contributed by atoms with Crippen LogP contribution in [0.4, 0.5) is 0 Å². The molecule has 15 heavy (non-hydrogen) atoms. The molecule has 0 aromatic carbocycles. The van der Waals surface area contributed by atoms with E-state index < -0.39 is 0 Å². The van der Waals surface area contributed by atoms with Crippen LogP contribution in [0.1, 0.15) is 46.0 Å². The van der Waals surface area contributed by atoms with Gasteiger partial charge in [0.2, 0.25) is 0 Å². The van der Waals surface area contributed by atoms with Crippen molar-refractivity contribution in [2.45, 2.75) is 58.0 Å². The fourth-order valence-corrected chi connectivity index (χ4v) is 3.25. The zero-order chi connectivity index (χ0) is 10.7. The quantitative estimate of drug-likeness (QED) is 0.714. The first-order valence-electron chi connectivity index (χ1n) is 6.74. The van der Waals surface area contributed by atoms with Crippen molar-refractivity contribution in [2.75, 3.05) is 19.6 Å². The largest absolute Gasteiger partial charge is 0.315 e. The lowest BCUT2D eigenvalue weighted by Gasteiger charge is -2.41. The van der Waals surface area contributed by atoms with Gasteiger partial charge in [-0.15, -0.1) is 0 Å². The molecule has 2 fully saturated rings. The second-order valence-corrected chi connectivity index (χ2v) is 5.57. The molecule has 2 aliphatic heterocycles. The van der Waals surface area contributed by atoms with Crippen LogP contribution >= 0.6 is 0 Å². The predicted molar refractivity (Wildman–Crippen MR) is 65.1 cm³/mol. The van der Waals surface area contributed by atoms with Gasteiger partial charge >= 0.3 is 0 Å². The topological polar surface area (TPSA) is 15.3 Å². The molecule has 1 N–H and O–H groups in total. The van der Waals surface area contributed by atoms with Crippen LogP contribution in [0.3, 0.4) is 0 Å². The molecule has 3 atom stereocenters. The highest BCUT2D eigenvalue weighted by atomic mass is 15.2. The molecule has 2 rings (SSSR count). The first kappa shape index (κ1) is 11.4. The first-order valence-corrected chi connectivity index (χ1v) is 6.74. The predicted octanol–water partition coefficient (Wildman–Crippen LogP) is 2.25. The third-order valence-electron chi connectivity index (χ3n) is 4.18. The first-order chi connectivity index (χ1) is 7.27. The Labute approximate surface area is 94.4 Å². The van der Waals surface area contributed by atoms with Gasteiger partial charge in [0, 0.05) is 18.6 Å². The summed E-state index contributed by atoms with van der Waals surface area (Å²) < 4.78 is 0. The van der Waals surface area contributed by atoms with E-state index in [1.807, 2.05) is 0 Å². The SMILES string of the molecule is CC1CCN(C2CCCCNC2)C(C)C1. The molecule has 2 heteroatoms. The fraction of sp³-hybridized carbons (Fsp3) is 1.00. The van der Waals surface area contributed by atoms with Crippen molar-refractivity contribution in [3.8, 4) is 0 Å². The van der Waals surface area contributed by atoms with Crippen LogP contribution < -0.4 is 5.32 Å². The summed E-state index contributed by atoms with van der Waals surface area (Å²) in [7, 11) is 0. The van der Waals surface area contributed by atoms with Crippen molar-refractivity contribution in [1.29, 1.82) is 0 Å². The molecule has 3 unspecified atom stereocenters. The van der Waals surface area contributed by atoms with E-state index in [1.165, 1.54) is 51.7 Å². The van der Waals surface area contributed by atoms with Gasteiger partial charge in [0.1, 0.15) is 0 Å². The molecule has 0 bridgehead atoms. The van der Waals surface area contributed by atoms with Crippen LogP contribution in [0.2, 0.25) is 0 Å². The molecular formula is C13H26N2. The van der Waals surface area contributed by atoms with E-state index in [4.69, 9.17) is 0 Å². The van der Waals surface area contributed by atoms with E-state index >= 15 is 0 Å². The van der Waals surface area contributed by atoms with E-state index in [-0.39, 0.29) is 0 Å². The maximum Gasteiger partial charge on any atom is 0.0223 e. The lowest BCUT2D eigenvalue weighted by Crippen LogP contribution is -2.49. The molecule has 0 spiro atoms. The Morgan fingerprint density at radius 2 is 2.00 bits per heavy atom. The Morgan fingerprint density at radius 3 is 2.80 bits per heavy atom. The zero-order valence-corrected chi connectivity index (χ0v) is 10.3. The third kappa shape index (κ3) is 2.94. The summed E-state index contributed by atoms with van der Waals surface area (Å²) in [5.74, 6) is 0.940. The molecule has 0 aromatic rings. The Balaban J connectivity index is 1.90. The van der Waals surface area contributed by atoms with Crippen molar-refractivity contribution in [3.05, 3.63) is 0 Å². The highest BCUT2D eigenvalue weighted by Gasteiger charge is 2.28. The van der Waals surface area contributed by atoms with E-state index in [0.29, 0.717) is 0 Å². The molecule has 0 saturated carbocycles. The number of nitrogens with zero attached hydrogens (tertiary/aromatic N) is 1. The van der Waals surface area contributed by atoms with Crippen LogP contribution in [0, 0.1) is 5.92 Å². The third-order valence-corrected chi connectivity index (χ3v) is 4.18. The summed E-state index contributed by atoms with van der Waals surface area (Å²) in [6.07, 6.45) is 6.99. The Bertz CT molecular complexity index is 185. The summed E-state index contributed by atoms with van der Waals surface area (Å²) in [5.41, 5.74) is 0.